The summed E-state index contributed by atoms with van der Waals surface area (Å²) < 4.78 is 25.4. The molecular formula is C29H33FN8O4. The highest BCUT2D eigenvalue weighted by molar-refractivity contribution is 6.06. The summed E-state index contributed by atoms with van der Waals surface area (Å²) in [6, 6.07) is 8.13. The molecule has 3 aromatic heterocycles. The number of aromatic nitrogens is 4. The number of para-hydroxylation sites is 1. The van der Waals surface area contributed by atoms with Crippen molar-refractivity contribution in [2.24, 2.45) is 0 Å². The van der Waals surface area contributed by atoms with Gasteiger partial charge in [-0.3, -0.25) is 9.69 Å². The number of aromatic amines is 1. The summed E-state index contributed by atoms with van der Waals surface area (Å²) in [5, 5.41) is 6.70. The lowest BCUT2D eigenvalue weighted by molar-refractivity contribution is -0.124. The van der Waals surface area contributed by atoms with Crippen LogP contribution in [0.2, 0.25) is 0 Å². The number of halogens is 1. The number of amides is 1. The van der Waals surface area contributed by atoms with Crippen LogP contribution in [0.25, 0.3) is 22.2 Å². The Kier molecular flexibility index (Phi) is 9.00. The summed E-state index contributed by atoms with van der Waals surface area (Å²) in [6.07, 6.45) is 4.18. The quantitative estimate of drug-likeness (QED) is 0.241. The van der Waals surface area contributed by atoms with Gasteiger partial charge in [-0.2, -0.15) is 0 Å². The van der Waals surface area contributed by atoms with Gasteiger partial charge in [0.15, 0.2) is 5.82 Å². The molecule has 0 saturated carbocycles. The van der Waals surface area contributed by atoms with Crippen LogP contribution in [-0.2, 0) is 14.3 Å². The maximum absolute atomic E-state index is 15.0. The van der Waals surface area contributed by atoms with Crippen molar-refractivity contribution >= 4 is 40.1 Å². The minimum Gasteiger partial charge on any atom is -0.461 e. The van der Waals surface area contributed by atoms with E-state index in [-0.39, 0.29) is 36.5 Å². The van der Waals surface area contributed by atoms with Crippen LogP contribution >= 0.6 is 0 Å². The van der Waals surface area contributed by atoms with E-state index < -0.39 is 17.8 Å². The molecule has 1 saturated heterocycles. The van der Waals surface area contributed by atoms with Crippen molar-refractivity contribution in [1.29, 1.82) is 0 Å². The molecule has 1 aliphatic heterocycles. The number of hydrogen-bond donors (Lipinski definition) is 3. The molecule has 0 aliphatic carbocycles. The van der Waals surface area contributed by atoms with E-state index in [1.54, 1.807) is 38.4 Å². The molecule has 12 nitrogen and oxygen atoms in total. The van der Waals surface area contributed by atoms with Crippen LogP contribution in [0.5, 0.6) is 0 Å². The molecule has 1 aromatic carbocycles. The fourth-order valence-corrected chi connectivity index (χ4v) is 4.85. The number of methoxy groups -OCH3 is 1. The molecule has 4 aromatic rings. The van der Waals surface area contributed by atoms with Gasteiger partial charge in [-0.15, -0.1) is 0 Å². The molecule has 13 heteroatoms. The number of H-pyrrole nitrogens is 1. The Morgan fingerprint density at radius 1 is 1.12 bits per heavy atom. The maximum Gasteiger partial charge on any atom is 0.356 e. The number of likely N-dealkylation sites (N-methyl/N-ethyl adjacent to an activating group) is 1. The lowest BCUT2D eigenvalue weighted by Gasteiger charge is -2.36. The minimum atomic E-state index is -0.609. The van der Waals surface area contributed by atoms with E-state index in [1.165, 1.54) is 12.3 Å². The predicted octanol–water partition coefficient (Wildman–Crippen LogP) is 3.28. The number of hydrogen-bond acceptors (Lipinski definition) is 10. The first kappa shape index (κ1) is 29.0. The van der Waals surface area contributed by atoms with Gasteiger partial charge in [0.1, 0.15) is 17.4 Å². The van der Waals surface area contributed by atoms with Crippen LogP contribution < -0.4 is 10.6 Å². The van der Waals surface area contributed by atoms with Gasteiger partial charge in [0.2, 0.25) is 11.9 Å². The van der Waals surface area contributed by atoms with Crippen molar-refractivity contribution in [2.45, 2.75) is 13.0 Å². The van der Waals surface area contributed by atoms with Gasteiger partial charge in [-0.25, -0.2) is 24.1 Å². The normalized spacial score (nSPS) is 15.0. The molecule has 1 fully saturated rings. The molecule has 3 N–H and O–H groups in total. The van der Waals surface area contributed by atoms with Gasteiger partial charge in [0, 0.05) is 50.4 Å². The van der Waals surface area contributed by atoms with Crippen LogP contribution in [0.1, 0.15) is 17.4 Å². The van der Waals surface area contributed by atoms with E-state index in [2.05, 4.69) is 47.4 Å². The Morgan fingerprint density at radius 3 is 2.64 bits per heavy atom. The molecular weight excluding hydrogens is 543 g/mol. The van der Waals surface area contributed by atoms with Gasteiger partial charge in [-0.1, -0.05) is 12.1 Å². The fourth-order valence-electron chi connectivity index (χ4n) is 4.85. The SMILES string of the molecule is CCOC(=O)c1ccc(Nc2ncc(F)c(-c3c[nH]c4c(NC(=O)C(COC)N5CCN(C)CC5)cccc34)n2)cn1. The van der Waals surface area contributed by atoms with Crippen LogP contribution in [-0.4, -0.2) is 101 Å². The molecule has 1 unspecified atom stereocenters. The highest BCUT2D eigenvalue weighted by Crippen LogP contribution is 2.33. The fraction of sp³-hybridized carbons (Fsp3) is 0.345. The lowest BCUT2D eigenvalue weighted by Crippen LogP contribution is -2.54. The van der Waals surface area contributed by atoms with Gasteiger partial charge < -0.3 is 30.0 Å². The van der Waals surface area contributed by atoms with E-state index in [0.717, 1.165) is 32.4 Å². The number of piperazine rings is 1. The average Bonchev–Trinajstić information content (AvgIpc) is 3.43. The Labute approximate surface area is 242 Å². The second kappa shape index (κ2) is 13.0. The number of esters is 1. The minimum absolute atomic E-state index is 0.0769. The largest absolute Gasteiger partial charge is 0.461 e. The van der Waals surface area contributed by atoms with Crippen LogP contribution in [0.15, 0.2) is 48.9 Å². The monoisotopic (exact) mass is 576 g/mol. The Hall–Kier alpha value is -4.46. The Morgan fingerprint density at radius 2 is 1.93 bits per heavy atom. The number of benzene rings is 1. The van der Waals surface area contributed by atoms with Crippen molar-refractivity contribution in [3.8, 4) is 11.3 Å². The molecule has 1 amide bonds. The van der Waals surface area contributed by atoms with Crippen LogP contribution in [0, 0.1) is 5.82 Å². The second-order valence-corrected chi connectivity index (χ2v) is 9.90. The first-order valence-electron chi connectivity index (χ1n) is 13.6. The van der Waals surface area contributed by atoms with Crippen molar-refractivity contribution in [2.75, 3.05) is 64.2 Å². The summed E-state index contributed by atoms with van der Waals surface area (Å²) in [5.74, 6) is -1.16. The highest BCUT2D eigenvalue weighted by Gasteiger charge is 2.29. The standard InChI is InChI=1S/C29H33FN8O4/c1-4-42-28(40)23-9-8-18(14-31-23)34-29-33-16-21(30)25(36-29)20-15-32-26-19(20)6-5-7-22(26)35-27(39)24(17-41-3)38-12-10-37(2)11-13-38/h5-9,14-16,24,32H,4,10-13,17H2,1-3H3,(H,35,39)(H,33,34,36). The summed E-state index contributed by atoms with van der Waals surface area (Å²) >= 11 is 0. The first-order chi connectivity index (χ1) is 20.4. The molecule has 4 heterocycles. The van der Waals surface area contributed by atoms with E-state index in [1.807, 2.05) is 6.07 Å². The molecule has 0 spiro atoms. The maximum atomic E-state index is 15.0. The van der Waals surface area contributed by atoms with Gasteiger partial charge in [-0.05, 0) is 32.2 Å². The zero-order valence-corrected chi connectivity index (χ0v) is 23.7. The first-order valence-corrected chi connectivity index (χ1v) is 13.6. The smallest absolute Gasteiger partial charge is 0.356 e. The number of nitrogens with zero attached hydrogens (tertiary/aromatic N) is 5. The summed E-state index contributed by atoms with van der Waals surface area (Å²) in [5.41, 5.74) is 2.47. The number of carbonyl (C=O) groups excluding carboxylic acids is 2. The van der Waals surface area contributed by atoms with Crippen molar-refractivity contribution < 1.29 is 23.5 Å². The molecule has 42 heavy (non-hydrogen) atoms. The Balaban J connectivity index is 1.37. The highest BCUT2D eigenvalue weighted by atomic mass is 19.1. The zero-order valence-electron chi connectivity index (χ0n) is 23.7. The van der Waals surface area contributed by atoms with Crippen LogP contribution in [0.3, 0.4) is 0 Å². The van der Waals surface area contributed by atoms with Gasteiger partial charge in [0.25, 0.3) is 0 Å². The summed E-state index contributed by atoms with van der Waals surface area (Å²) in [4.78, 5) is 45.3. The van der Waals surface area contributed by atoms with Crippen LogP contribution in [0.4, 0.5) is 21.7 Å². The molecule has 1 atom stereocenters. The second-order valence-electron chi connectivity index (χ2n) is 9.90. The molecule has 1 aliphatic rings. The molecule has 5 rings (SSSR count). The van der Waals surface area contributed by atoms with Gasteiger partial charge >= 0.3 is 5.97 Å². The topological polar surface area (TPSA) is 138 Å². The van der Waals surface area contributed by atoms with Crippen molar-refractivity contribution in [3.63, 3.8) is 0 Å². The molecule has 0 radical (unpaired) electrons. The summed E-state index contributed by atoms with van der Waals surface area (Å²) in [6.45, 7) is 5.52. The third-order valence-electron chi connectivity index (χ3n) is 7.08. The predicted molar refractivity (Wildman–Crippen MR) is 156 cm³/mol. The number of rotatable bonds is 10. The van der Waals surface area contributed by atoms with E-state index >= 15 is 4.39 Å². The Bertz CT molecular complexity index is 1550. The van der Waals surface area contributed by atoms with Gasteiger partial charge in [0.05, 0.1) is 42.5 Å². The van der Waals surface area contributed by atoms with E-state index in [0.29, 0.717) is 27.8 Å². The molecule has 220 valence electrons. The number of fused-ring (bicyclic) bond motifs is 1. The average molecular weight is 577 g/mol. The molecule has 0 bridgehead atoms. The van der Waals surface area contributed by atoms with Crippen molar-refractivity contribution in [3.05, 3.63) is 60.4 Å². The van der Waals surface area contributed by atoms with E-state index in [9.17, 15) is 9.59 Å². The number of nitrogens with one attached hydrogen (secondary N) is 3. The number of anilines is 3. The van der Waals surface area contributed by atoms with Crippen molar-refractivity contribution in [1.82, 2.24) is 29.7 Å². The third-order valence-corrected chi connectivity index (χ3v) is 7.08. The lowest BCUT2D eigenvalue weighted by atomic mass is 10.1. The number of pyridine rings is 1. The van der Waals surface area contributed by atoms with E-state index in [4.69, 9.17) is 9.47 Å². The zero-order chi connectivity index (χ0) is 29.6. The number of carbonyl (C=O) groups is 2. The number of ether oxygens (including phenoxy) is 2. The third kappa shape index (κ3) is 6.38. The summed E-state index contributed by atoms with van der Waals surface area (Å²) in [7, 11) is 3.65.